The van der Waals surface area contributed by atoms with Gasteiger partial charge in [-0.15, -0.1) is 0 Å². The fourth-order valence-electron chi connectivity index (χ4n) is 3.75. The van der Waals surface area contributed by atoms with Crippen molar-refractivity contribution in [3.05, 3.63) is 47.4 Å². The normalized spacial score (nSPS) is 17.0. The maximum atomic E-state index is 13.6. The summed E-state index contributed by atoms with van der Waals surface area (Å²) in [5, 5.41) is 20.9. The summed E-state index contributed by atoms with van der Waals surface area (Å²) in [4.78, 5) is 9.00. The first-order valence-corrected chi connectivity index (χ1v) is 13.7. The minimum Gasteiger partial charge on any atom is -0.393 e. The summed E-state index contributed by atoms with van der Waals surface area (Å²) in [6.45, 7) is 4.97. The predicted molar refractivity (Wildman–Crippen MR) is 135 cm³/mol. The minimum atomic E-state index is -3.63. The van der Waals surface area contributed by atoms with Crippen LogP contribution in [0.1, 0.15) is 50.3 Å². The van der Waals surface area contributed by atoms with Gasteiger partial charge in [0.2, 0.25) is 16.0 Å². The molecular weight excluding hydrogens is 489 g/mol. The Hall–Kier alpha value is -2.44. The Bertz CT molecular complexity index is 1150. The zero-order valence-electron chi connectivity index (χ0n) is 21.0. The van der Waals surface area contributed by atoms with Gasteiger partial charge < -0.3 is 19.7 Å². The molecule has 198 valence electrons. The van der Waals surface area contributed by atoms with Crippen molar-refractivity contribution < 1.29 is 32.5 Å². The van der Waals surface area contributed by atoms with Gasteiger partial charge in [-0.3, -0.25) is 0 Å². The zero-order valence-corrected chi connectivity index (χ0v) is 21.8. The minimum absolute atomic E-state index is 0.0128. The molecule has 0 amide bonds. The molecule has 9 nitrogen and oxygen atoms in total. The SMILES string of the molecule is CC(C)c1nc(N(C)S(C)(=O)=O)nc(-c2ccc(F)cc2)c1/C=C/C(O)CC(O)CC1OCCCO1. The van der Waals surface area contributed by atoms with Crippen molar-refractivity contribution in [2.24, 2.45) is 0 Å². The second-order valence-corrected chi connectivity index (χ2v) is 11.2. The van der Waals surface area contributed by atoms with Gasteiger partial charge in [0.1, 0.15) is 5.82 Å². The number of hydrogen-bond acceptors (Lipinski definition) is 8. The third-order valence-electron chi connectivity index (χ3n) is 5.77. The van der Waals surface area contributed by atoms with E-state index >= 15 is 0 Å². The molecule has 1 saturated heterocycles. The second-order valence-electron chi connectivity index (χ2n) is 9.14. The molecule has 2 N–H and O–H groups in total. The second kappa shape index (κ2) is 12.2. The molecule has 2 unspecified atom stereocenters. The number of anilines is 1. The number of ether oxygens (including phenoxy) is 2. The van der Waals surface area contributed by atoms with Crippen molar-refractivity contribution in [3.8, 4) is 11.3 Å². The molecule has 3 rings (SSSR count). The van der Waals surface area contributed by atoms with Gasteiger partial charge in [-0.25, -0.2) is 27.1 Å². The van der Waals surface area contributed by atoms with Crippen LogP contribution in [0.4, 0.5) is 10.3 Å². The molecule has 1 aromatic heterocycles. The Morgan fingerprint density at radius 2 is 1.81 bits per heavy atom. The smallest absolute Gasteiger partial charge is 0.239 e. The lowest BCUT2D eigenvalue weighted by Gasteiger charge is -2.25. The number of rotatable bonds is 10. The lowest BCUT2D eigenvalue weighted by atomic mass is 9.97. The van der Waals surface area contributed by atoms with E-state index in [9.17, 15) is 23.0 Å². The Kier molecular flexibility index (Phi) is 9.53. The highest BCUT2D eigenvalue weighted by molar-refractivity contribution is 7.92. The van der Waals surface area contributed by atoms with E-state index in [0.29, 0.717) is 35.7 Å². The summed E-state index contributed by atoms with van der Waals surface area (Å²) in [5.41, 5.74) is 2.08. The molecule has 2 atom stereocenters. The molecule has 2 heterocycles. The summed E-state index contributed by atoms with van der Waals surface area (Å²) in [5.74, 6) is -0.555. The number of aromatic nitrogens is 2. The van der Waals surface area contributed by atoms with Gasteiger partial charge >= 0.3 is 0 Å². The van der Waals surface area contributed by atoms with Gasteiger partial charge in [0, 0.05) is 31.0 Å². The van der Waals surface area contributed by atoms with Crippen molar-refractivity contribution in [2.45, 2.75) is 57.5 Å². The summed E-state index contributed by atoms with van der Waals surface area (Å²) >= 11 is 0. The van der Waals surface area contributed by atoms with Crippen LogP contribution in [0.3, 0.4) is 0 Å². The molecule has 11 heteroatoms. The number of benzene rings is 1. The highest BCUT2D eigenvalue weighted by Crippen LogP contribution is 2.31. The number of sulfonamides is 1. The highest BCUT2D eigenvalue weighted by atomic mass is 32.2. The van der Waals surface area contributed by atoms with E-state index in [0.717, 1.165) is 17.0 Å². The van der Waals surface area contributed by atoms with Crippen LogP contribution in [0.5, 0.6) is 0 Å². The van der Waals surface area contributed by atoms with E-state index in [4.69, 9.17) is 9.47 Å². The Morgan fingerprint density at radius 1 is 1.17 bits per heavy atom. The van der Waals surface area contributed by atoms with Gasteiger partial charge in [0.25, 0.3) is 0 Å². The molecule has 1 fully saturated rings. The third-order valence-corrected chi connectivity index (χ3v) is 6.92. The van der Waals surface area contributed by atoms with Crippen molar-refractivity contribution in [3.63, 3.8) is 0 Å². The molecule has 0 radical (unpaired) electrons. The number of halogens is 1. The average molecular weight is 524 g/mol. The van der Waals surface area contributed by atoms with E-state index in [-0.39, 0.29) is 24.7 Å². The molecule has 0 bridgehead atoms. The van der Waals surface area contributed by atoms with Crippen molar-refractivity contribution in [2.75, 3.05) is 30.8 Å². The Labute approximate surface area is 211 Å². The summed E-state index contributed by atoms with van der Waals surface area (Å²) in [6.07, 6.45) is 3.06. The maximum Gasteiger partial charge on any atom is 0.239 e. The molecule has 36 heavy (non-hydrogen) atoms. The van der Waals surface area contributed by atoms with Gasteiger partial charge in [0.05, 0.1) is 43.1 Å². The van der Waals surface area contributed by atoms with Crippen LogP contribution in [-0.2, 0) is 19.5 Å². The van der Waals surface area contributed by atoms with Gasteiger partial charge in [-0.2, -0.15) is 0 Å². The fourth-order valence-corrected chi connectivity index (χ4v) is 4.13. The van der Waals surface area contributed by atoms with Crippen LogP contribution in [0.2, 0.25) is 0 Å². The van der Waals surface area contributed by atoms with E-state index in [1.165, 1.54) is 25.3 Å². The maximum absolute atomic E-state index is 13.6. The Balaban J connectivity index is 1.95. The van der Waals surface area contributed by atoms with E-state index in [2.05, 4.69) is 9.97 Å². The molecular formula is C25H34FN3O6S. The van der Waals surface area contributed by atoms with Crippen molar-refractivity contribution >= 4 is 22.0 Å². The monoisotopic (exact) mass is 523 g/mol. The van der Waals surface area contributed by atoms with Crippen LogP contribution < -0.4 is 4.31 Å². The molecule has 1 aliphatic rings. The zero-order chi connectivity index (χ0) is 26.5. The van der Waals surface area contributed by atoms with E-state index in [1.807, 2.05) is 13.8 Å². The molecule has 1 aromatic carbocycles. The average Bonchev–Trinajstić information content (AvgIpc) is 2.82. The largest absolute Gasteiger partial charge is 0.393 e. The lowest BCUT2D eigenvalue weighted by molar-refractivity contribution is -0.192. The number of nitrogens with zero attached hydrogens (tertiary/aromatic N) is 3. The predicted octanol–water partition coefficient (Wildman–Crippen LogP) is 3.08. The van der Waals surface area contributed by atoms with Crippen molar-refractivity contribution in [1.29, 1.82) is 0 Å². The first-order valence-electron chi connectivity index (χ1n) is 11.8. The first-order chi connectivity index (χ1) is 17.0. The number of aliphatic hydroxyl groups excluding tert-OH is 2. The van der Waals surface area contributed by atoms with Crippen molar-refractivity contribution in [1.82, 2.24) is 9.97 Å². The molecule has 0 aliphatic carbocycles. The van der Waals surface area contributed by atoms with E-state index in [1.54, 1.807) is 18.2 Å². The summed E-state index contributed by atoms with van der Waals surface area (Å²) < 4.78 is 49.8. The van der Waals surface area contributed by atoms with Gasteiger partial charge in [-0.1, -0.05) is 26.0 Å². The first kappa shape index (κ1) is 28.1. The Morgan fingerprint density at radius 3 is 2.39 bits per heavy atom. The number of hydrogen-bond donors (Lipinski definition) is 2. The van der Waals surface area contributed by atoms with Gasteiger partial charge in [0.15, 0.2) is 6.29 Å². The quantitative estimate of drug-likeness (QED) is 0.487. The van der Waals surface area contributed by atoms with Crippen LogP contribution in [0.25, 0.3) is 17.3 Å². The fraction of sp³-hybridized carbons (Fsp3) is 0.520. The van der Waals surface area contributed by atoms with E-state index < -0.39 is 34.3 Å². The molecule has 2 aromatic rings. The van der Waals surface area contributed by atoms with Crippen LogP contribution in [-0.4, -0.2) is 73.6 Å². The number of aliphatic hydroxyl groups is 2. The molecule has 0 spiro atoms. The standard InChI is InChI=1S/C25H34FN3O6S/c1-16(2)23-21(11-10-19(30)14-20(31)15-22-34-12-5-13-35-22)24(17-6-8-18(26)9-7-17)28-25(27-23)29(3)36(4,32)33/h6-11,16,19-20,22,30-31H,5,12-15H2,1-4H3/b11-10+. The van der Waals surface area contributed by atoms with Gasteiger partial charge in [-0.05, 0) is 36.6 Å². The summed E-state index contributed by atoms with van der Waals surface area (Å²) in [6, 6.07) is 5.68. The molecule has 1 aliphatic heterocycles. The summed E-state index contributed by atoms with van der Waals surface area (Å²) in [7, 11) is -2.26. The third kappa shape index (κ3) is 7.53. The van der Waals surface area contributed by atoms with Crippen LogP contribution in [0, 0.1) is 5.82 Å². The highest BCUT2D eigenvalue weighted by Gasteiger charge is 2.23. The topological polar surface area (TPSA) is 122 Å². The molecule has 0 saturated carbocycles. The lowest BCUT2D eigenvalue weighted by Crippen LogP contribution is -2.30. The van der Waals surface area contributed by atoms with Crippen LogP contribution in [0.15, 0.2) is 30.3 Å². The van der Waals surface area contributed by atoms with Crippen LogP contribution >= 0.6 is 0 Å².